The zero-order chi connectivity index (χ0) is 20.3. The molecule has 1 N–H and O–H groups in total. The van der Waals surface area contributed by atoms with Crippen molar-refractivity contribution in [3.63, 3.8) is 0 Å². The average molecular weight is 410 g/mol. The molecule has 148 valence electrons. The minimum absolute atomic E-state index is 0.00496. The summed E-state index contributed by atoms with van der Waals surface area (Å²) >= 11 is -0.237. The Hall–Kier alpha value is -2.68. The zero-order valence-corrected chi connectivity index (χ0v) is 15.7. The standard InChI is InChI=1S/C19H17F3N2O3S/c1-27-16-11-13(6-9-15(16)24-10-2-3-17(24)25)23-18(26)12-4-7-14(8-5-12)28-19(20,21)22/h4-9,11H,2-3,10H2,1H3,(H,23,26). The van der Waals surface area contributed by atoms with E-state index in [2.05, 4.69) is 5.32 Å². The van der Waals surface area contributed by atoms with Crippen LogP contribution in [0.2, 0.25) is 0 Å². The molecule has 0 aliphatic carbocycles. The molecule has 1 saturated heterocycles. The SMILES string of the molecule is COc1cc(NC(=O)c2ccc(SC(F)(F)F)cc2)ccc1N1CCCC1=O. The van der Waals surface area contributed by atoms with Crippen LogP contribution in [0.15, 0.2) is 47.4 Å². The maximum atomic E-state index is 12.4. The summed E-state index contributed by atoms with van der Waals surface area (Å²) in [7, 11) is 1.47. The lowest BCUT2D eigenvalue weighted by atomic mass is 10.2. The lowest BCUT2D eigenvalue weighted by molar-refractivity contribution is -0.117. The number of thioether (sulfide) groups is 1. The van der Waals surface area contributed by atoms with Gasteiger partial charge in [-0.3, -0.25) is 9.59 Å². The molecule has 9 heteroatoms. The van der Waals surface area contributed by atoms with E-state index in [4.69, 9.17) is 4.74 Å². The van der Waals surface area contributed by atoms with Gasteiger partial charge in [0.1, 0.15) is 5.75 Å². The van der Waals surface area contributed by atoms with Crippen molar-refractivity contribution in [2.75, 3.05) is 23.9 Å². The van der Waals surface area contributed by atoms with Crippen LogP contribution in [0.5, 0.6) is 5.75 Å². The van der Waals surface area contributed by atoms with Gasteiger partial charge in [0.15, 0.2) is 0 Å². The first-order chi connectivity index (χ1) is 13.3. The van der Waals surface area contributed by atoms with E-state index in [-0.39, 0.29) is 28.1 Å². The highest BCUT2D eigenvalue weighted by Crippen LogP contribution is 2.37. The number of alkyl halides is 3. The zero-order valence-electron chi connectivity index (χ0n) is 14.9. The molecule has 1 heterocycles. The van der Waals surface area contributed by atoms with Crippen LogP contribution in [0.25, 0.3) is 0 Å². The number of hydrogen-bond acceptors (Lipinski definition) is 4. The van der Waals surface area contributed by atoms with Gasteiger partial charge in [-0.2, -0.15) is 13.2 Å². The third kappa shape index (κ3) is 4.78. The molecule has 28 heavy (non-hydrogen) atoms. The Balaban J connectivity index is 1.72. The lowest BCUT2D eigenvalue weighted by Crippen LogP contribution is -2.24. The first-order valence-electron chi connectivity index (χ1n) is 8.42. The van der Waals surface area contributed by atoms with E-state index in [1.54, 1.807) is 23.1 Å². The van der Waals surface area contributed by atoms with Gasteiger partial charge in [-0.1, -0.05) is 0 Å². The number of ether oxygens (including phenoxy) is 1. The van der Waals surface area contributed by atoms with Crippen LogP contribution in [0, 0.1) is 0 Å². The number of benzene rings is 2. The molecule has 2 amide bonds. The number of amides is 2. The fraction of sp³-hybridized carbons (Fsp3) is 0.263. The van der Waals surface area contributed by atoms with Gasteiger partial charge in [0, 0.05) is 35.2 Å². The molecule has 0 aromatic heterocycles. The van der Waals surface area contributed by atoms with E-state index in [0.717, 1.165) is 6.42 Å². The maximum absolute atomic E-state index is 12.4. The Bertz CT molecular complexity index is 885. The Morgan fingerprint density at radius 1 is 1.18 bits per heavy atom. The van der Waals surface area contributed by atoms with Gasteiger partial charge < -0.3 is 15.0 Å². The molecular formula is C19H17F3N2O3S. The molecule has 5 nitrogen and oxygen atoms in total. The second-order valence-electron chi connectivity index (χ2n) is 6.06. The number of nitrogens with one attached hydrogen (secondary N) is 1. The van der Waals surface area contributed by atoms with Crippen LogP contribution in [0.1, 0.15) is 23.2 Å². The highest BCUT2D eigenvalue weighted by molar-refractivity contribution is 8.00. The molecule has 3 rings (SSSR count). The summed E-state index contributed by atoms with van der Waals surface area (Å²) in [6, 6.07) is 10.1. The lowest BCUT2D eigenvalue weighted by Gasteiger charge is -2.19. The second kappa shape index (κ2) is 8.14. The first kappa shape index (κ1) is 20.1. The van der Waals surface area contributed by atoms with Crippen molar-refractivity contribution in [1.29, 1.82) is 0 Å². The molecule has 2 aromatic carbocycles. The van der Waals surface area contributed by atoms with E-state index < -0.39 is 11.4 Å². The van der Waals surface area contributed by atoms with Crippen LogP contribution in [-0.4, -0.2) is 31.0 Å². The third-order valence-corrected chi connectivity index (χ3v) is 4.89. The molecule has 1 aliphatic rings. The largest absolute Gasteiger partial charge is 0.494 e. The highest BCUT2D eigenvalue weighted by Gasteiger charge is 2.29. The Morgan fingerprint density at radius 3 is 2.46 bits per heavy atom. The minimum Gasteiger partial charge on any atom is -0.494 e. The van der Waals surface area contributed by atoms with Crippen LogP contribution in [0.4, 0.5) is 24.5 Å². The molecule has 1 aliphatic heterocycles. The van der Waals surface area contributed by atoms with E-state index in [1.807, 2.05) is 0 Å². The number of carbonyl (C=O) groups is 2. The van der Waals surface area contributed by atoms with E-state index in [1.165, 1.54) is 31.4 Å². The normalized spacial score (nSPS) is 14.3. The van der Waals surface area contributed by atoms with Crippen molar-refractivity contribution in [2.45, 2.75) is 23.2 Å². The molecule has 0 spiro atoms. The molecule has 0 saturated carbocycles. The third-order valence-electron chi connectivity index (χ3n) is 4.15. The van der Waals surface area contributed by atoms with Gasteiger partial charge in [-0.05, 0) is 54.6 Å². The second-order valence-corrected chi connectivity index (χ2v) is 7.20. The number of hydrogen-bond donors (Lipinski definition) is 1. The summed E-state index contributed by atoms with van der Waals surface area (Å²) < 4.78 is 42.5. The quantitative estimate of drug-likeness (QED) is 0.727. The minimum atomic E-state index is -4.38. The number of halogens is 3. The van der Waals surface area contributed by atoms with Gasteiger partial charge in [0.25, 0.3) is 5.91 Å². The maximum Gasteiger partial charge on any atom is 0.446 e. The summed E-state index contributed by atoms with van der Waals surface area (Å²) in [6.07, 6.45) is 1.27. The Morgan fingerprint density at radius 2 is 1.89 bits per heavy atom. The molecular weight excluding hydrogens is 393 g/mol. The predicted molar refractivity (Wildman–Crippen MR) is 101 cm³/mol. The fourth-order valence-electron chi connectivity index (χ4n) is 2.89. The van der Waals surface area contributed by atoms with Gasteiger partial charge >= 0.3 is 5.51 Å². The molecule has 2 aromatic rings. The summed E-state index contributed by atoms with van der Waals surface area (Å²) in [4.78, 5) is 25.9. The number of carbonyl (C=O) groups excluding carboxylic acids is 2. The summed E-state index contributed by atoms with van der Waals surface area (Å²) in [5.41, 5.74) is -3.06. The first-order valence-corrected chi connectivity index (χ1v) is 9.24. The van der Waals surface area contributed by atoms with Crippen LogP contribution < -0.4 is 15.0 Å². The van der Waals surface area contributed by atoms with Crippen LogP contribution in [-0.2, 0) is 4.79 Å². The summed E-state index contributed by atoms with van der Waals surface area (Å²) in [5.74, 6) is 0.00693. The van der Waals surface area contributed by atoms with Crippen LogP contribution >= 0.6 is 11.8 Å². The van der Waals surface area contributed by atoms with Crippen molar-refractivity contribution < 1.29 is 27.5 Å². The van der Waals surface area contributed by atoms with E-state index in [9.17, 15) is 22.8 Å². The number of anilines is 2. The summed E-state index contributed by atoms with van der Waals surface area (Å²) in [5, 5.41) is 2.68. The van der Waals surface area contributed by atoms with Crippen molar-refractivity contribution in [3.05, 3.63) is 48.0 Å². The number of methoxy groups -OCH3 is 1. The van der Waals surface area contributed by atoms with Gasteiger partial charge in [-0.15, -0.1) is 0 Å². The van der Waals surface area contributed by atoms with Crippen molar-refractivity contribution >= 4 is 35.0 Å². The summed E-state index contributed by atoms with van der Waals surface area (Å²) in [6.45, 7) is 0.614. The average Bonchev–Trinajstić information content (AvgIpc) is 3.06. The Kier molecular flexibility index (Phi) is 5.83. The van der Waals surface area contributed by atoms with E-state index >= 15 is 0 Å². The highest BCUT2D eigenvalue weighted by atomic mass is 32.2. The monoisotopic (exact) mass is 410 g/mol. The molecule has 1 fully saturated rings. The topological polar surface area (TPSA) is 58.6 Å². The van der Waals surface area contributed by atoms with Crippen molar-refractivity contribution in [1.82, 2.24) is 0 Å². The van der Waals surface area contributed by atoms with Gasteiger partial charge in [0.05, 0.1) is 12.8 Å². The molecule has 0 bridgehead atoms. The Labute approximate surface area is 163 Å². The predicted octanol–water partition coefficient (Wildman–Crippen LogP) is 4.69. The number of nitrogens with zero attached hydrogens (tertiary/aromatic N) is 1. The van der Waals surface area contributed by atoms with Gasteiger partial charge in [0.2, 0.25) is 5.91 Å². The van der Waals surface area contributed by atoms with Gasteiger partial charge in [-0.25, -0.2) is 0 Å². The molecule has 0 unspecified atom stereocenters. The smallest absolute Gasteiger partial charge is 0.446 e. The van der Waals surface area contributed by atoms with E-state index in [0.29, 0.717) is 30.1 Å². The molecule has 0 radical (unpaired) electrons. The number of rotatable bonds is 5. The fourth-order valence-corrected chi connectivity index (χ4v) is 3.43. The van der Waals surface area contributed by atoms with Crippen molar-refractivity contribution in [3.8, 4) is 5.75 Å². The van der Waals surface area contributed by atoms with Crippen LogP contribution in [0.3, 0.4) is 0 Å². The van der Waals surface area contributed by atoms with Crippen molar-refractivity contribution in [2.24, 2.45) is 0 Å². The molecule has 0 atom stereocenters.